The van der Waals surface area contributed by atoms with Crippen molar-refractivity contribution in [2.45, 2.75) is 44.0 Å². The van der Waals surface area contributed by atoms with Gasteiger partial charge in [0.15, 0.2) is 0 Å². The van der Waals surface area contributed by atoms with Gasteiger partial charge in [-0.3, -0.25) is 4.79 Å². The molecule has 0 bridgehead atoms. The lowest BCUT2D eigenvalue weighted by Gasteiger charge is -2.17. The molecule has 6 nitrogen and oxygen atoms in total. The quantitative estimate of drug-likeness (QED) is 0.720. The minimum atomic E-state index is -0.417. The number of aryl methyl sites for hydroxylation is 1. The Bertz CT molecular complexity index is 896. The predicted molar refractivity (Wildman–Crippen MR) is 98.8 cm³/mol. The molecular weight excluding hydrogens is 334 g/mol. The van der Waals surface area contributed by atoms with Crippen LogP contribution in [0.5, 0.6) is 0 Å². The first-order valence-electron chi connectivity index (χ1n) is 8.16. The number of hydrogen-bond acceptors (Lipinski definition) is 5. The first-order valence-corrected chi connectivity index (χ1v) is 8.97. The van der Waals surface area contributed by atoms with Gasteiger partial charge in [0, 0.05) is 21.7 Å². The maximum atomic E-state index is 12.1. The number of anilines is 1. The fraction of sp³-hybridized carbons (Fsp3) is 0.333. The minimum absolute atomic E-state index is 0.000974. The first kappa shape index (κ1) is 17.4. The van der Waals surface area contributed by atoms with Gasteiger partial charge in [0.25, 0.3) is 5.78 Å². The van der Waals surface area contributed by atoms with Crippen LogP contribution in [-0.2, 0) is 11.2 Å². The van der Waals surface area contributed by atoms with Crippen molar-refractivity contribution >= 4 is 29.1 Å². The van der Waals surface area contributed by atoms with E-state index in [1.54, 1.807) is 16.3 Å². The van der Waals surface area contributed by atoms with E-state index in [-0.39, 0.29) is 5.91 Å². The molecule has 0 aliphatic carbocycles. The van der Waals surface area contributed by atoms with Crippen molar-refractivity contribution in [2.24, 2.45) is 5.41 Å². The second-order valence-electron chi connectivity index (χ2n) is 6.74. The van der Waals surface area contributed by atoms with Gasteiger partial charge in [-0.1, -0.05) is 39.5 Å². The van der Waals surface area contributed by atoms with Gasteiger partial charge in [-0.15, -0.1) is 0 Å². The Kier molecular flexibility index (Phi) is 4.76. The molecule has 0 radical (unpaired) electrons. The summed E-state index contributed by atoms with van der Waals surface area (Å²) in [5.74, 6) is 0.606. The molecule has 0 saturated carbocycles. The number of fused-ring (bicyclic) bond motifs is 1. The fourth-order valence-electron chi connectivity index (χ4n) is 2.13. The average Bonchev–Trinajstić information content (AvgIpc) is 3.04. The standard InChI is InChI=1S/C18H21N5OS/c1-5-12-10-15(23-17(22-12)19-11-20-23)25-14-8-6-13(7-9-14)21-16(24)18(2,3)4/h6-11H,5H2,1-4H3,(H,21,24). The minimum Gasteiger partial charge on any atom is -0.326 e. The van der Waals surface area contributed by atoms with Crippen molar-refractivity contribution < 1.29 is 4.79 Å². The van der Waals surface area contributed by atoms with Crippen LogP contribution in [0.1, 0.15) is 33.4 Å². The van der Waals surface area contributed by atoms with Crippen molar-refractivity contribution in [3.8, 4) is 0 Å². The van der Waals surface area contributed by atoms with Crippen LogP contribution in [0, 0.1) is 5.41 Å². The number of rotatable bonds is 4. The molecule has 0 aliphatic rings. The lowest BCUT2D eigenvalue weighted by atomic mass is 9.95. The maximum absolute atomic E-state index is 12.1. The molecule has 3 aromatic rings. The van der Waals surface area contributed by atoms with Gasteiger partial charge in [0.05, 0.1) is 0 Å². The molecule has 3 rings (SSSR count). The van der Waals surface area contributed by atoms with Crippen molar-refractivity contribution in [3.05, 3.63) is 42.4 Å². The van der Waals surface area contributed by atoms with Gasteiger partial charge in [0.2, 0.25) is 5.91 Å². The molecule has 0 spiro atoms. The average molecular weight is 355 g/mol. The lowest BCUT2D eigenvalue weighted by Crippen LogP contribution is -2.27. The highest BCUT2D eigenvalue weighted by Crippen LogP contribution is 2.29. The Morgan fingerprint density at radius 2 is 1.96 bits per heavy atom. The summed E-state index contributed by atoms with van der Waals surface area (Å²) < 4.78 is 1.74. The number of benzene rings is 1. The summed E-state index contributed by atoms with van der Waals surface area (Å²) in [7, 11) is 0. The van der Waals surface area contributed by atoms with Crippen molar-refractivity contribution in [1.82, 2.24) is 19.6 Å². The van der Waals surface area contributed by atoms with Crippen LogP contribution in [0.2, 0.25) is 0 Å². The van der Waals surface area contributed by atoms with E-state index in [4.69, 9.17) is 0 Å². The molecule has 2 heterocycles. The molecule has 0 saturated heterocycles. The first-order chi connectivity index (χ1) is 11.9. The van der Waals surface area contributed by atoms with E-state index in [2.05, 4.69) is 27.3 Å². The summed E-state index contributed by atoms with van der Waals surface area (Å²) in [5, 5.41) is 8.13. The van der Waals surface area contributed by atoms with E-state index in [1.807, 2.05) is 51.1 Å². The molecule has 0 atom stereocenters. The third-order valence-corrected chi connectivity index (χ3v) is 4.66. The van der Waals surface area contributed by atoms with Crippen LogP contribution < -0.4 is 5.32 Å². The zero-order chi connectivity index (χ0) is 18.0. The zero-order valence-electron chi connectivity index (χ0n) is 14.8. The number of carbonyl (C=O) groups is 1. The van der Waals surface area contributed by atoms with E-state index >= 15 is 0 Å². The van der Waals surface area contributed by atoms with Crippen LogP contribution in [-0.4, -0.2) is 25.5 Å². The Labute approximate surface area is 151 Å². The summed E-state index contributed by atoms with van der Waals surface area (Å²) in [4.78, 5) is 21.7. The Hall–Kier alpha value is -2.41. The lowest BCUT2D eigenvalue weighted by molar-refractivity contribution is -0.123. The van der Waals surface area contributed by atoms with E-state index in [1.165, 1.54) is 6.33 Å². The van der Waals surface area contributed by atoms with Crippen LogP contribution in [0.4, 0.5) is 5.69 Å². The highest BCUT2D eigenvalue weighted by molar-refractivity contribution is 7.99. The van der Waals surface area contributed by atoms with Gasteiger partial charge in [-0.2, -0.15) is 14.6 Å². The second-order valence-corrected chi connectivity index (χ2v) is 7.84. The highest BCUT2D eigenvalue weighted by atomic mass is 32.2. The van der Waals surface area contributed by atoms with Gasteiger partial charge in [-0.25, -0.2) is 4.98 Å². The predicted octanol–water partition coefficient (Wildman–Crippen LogP) is 3.82. The van der Waals surface area contributed by atoms with E-state index in [0.717, 1.165) is 27.7 Å². The normalized spacial score (nSPS) is 11.7. The van der Waals surface area contributed by atoms with Crippen LogP contribution in [0.15, 0.2) is 46.6 Å². The SMILES string of the molecule is CCc1cc(Sc2ccc(NC(=O)C(C)(C)C)cc2)n2ncnc2n1. The summed E-state index contributed by atoms with van der Waals surface area (Å²) in [6.07, 6.45) is 2.35. The van der Waals surface area contributed by atoms with Gasteiger partial charge in [-0.05, 0) is 36.8 Å². The number of hydrogen-bond donors (Lipinski definition) is 1. The van der Waals surface area contributed by atoms with Crippen LogP contribution in [0.25, 0.3) is 5.78 Å². The molecule has 2 aromatic heterocycles. The topological polar surface area (TPSA) is 72.2 Å². The van der Waals surface area contributed by atoms with Gasteiger partial charge >= 0.3 is 0 Å². The molecule has 25 heavy (non-hydrogen) atoms. The summed E-state index contributed by atoms with van der Waals surface area (Å²) in [5.41, 5.74) is 1.36. The number of aromatic nitrogens is 4. The number of nitrogens with zero attached hydrogens (tertiary/aromatic N) is 4. The smallest absolute Gasteiger partial charge is 0.253 e. The number of amides is 1. The molecule has 7 heteroatoms. The third kappa shape index (κ3) is 3.99. The molecule has 130 valence electrons. The van der Waals surface area contributed by atoms with E-state index in [9.17, 15) is 4.79 Å². The zero-order valence-corrected chi connectivity index (χ0v) is 15.6. The van der Waals surface area contributed by atoms with E-state index in [0.29, 0.717) is 5.78 Å². The highest BCUT2D eigenvalue weighted by Gasteiger charge is 2.21. The molecule has 1 N–H and O–H groups in total. The van der Waals surface area contributed by atoms with Crippen LogP contribution >= 0.6 is 11.8 Å². The number of carbonyl (C=O) groups excluding carboxylic acids is 1. The molecular formula is C18H21N5OS. The fourth-order valence-corrected chi connectivity index (χ4v) is 3.05. The third-order valence-electron chi connectivity index (χ3n) is 3.65. The van der Waals surface area contributed by atoms with Gasteiger partial charge in [0.1, 0.15) is 11.4 Å². The second kappa shape index (κ2) is 6.84. The van der Waals surface area contributed by atoms with Crippen molar-refractivity contribution in [1.29, 1.82) is 0 Å². The monoisotopic (exact) mass is 355 g/mol. The largest absolute Gasteiger partial charge is 0.326 e. The molecule has 0 unspecified atom stereocenters. The summed E-state index contributed by atoms with van der Waals surface area (Å²) in [6.45, 7) is 7.75. The molecule has 0 fully saturated rings. The molecule has 1 aromatic carbocycles. The van der Waals surface area contributed by atoms with Gasteiger partial charge < -0.3 is 5.32 Å². The maximum Gasteiger partial charge on any atom is 0.253 e. The van der Waals surface area contributed by atoms with E-state index < -0.39 is 5.41 Å². The Balaban J connectivity index is 1.80. The Morgan fingerprint density at radius 3 is 2.60 bits per heavy atom. The molecule has 1 amide bonds. The molecule has 0 aliphatic heterocycles. The van der Waals surface area contributed by atoms with Crippen LogP contribution in [0.3, 0.4) is 0 Å². The van der Waals surface area contributed by atoms with Crippen molar-refractivity contribution in [3.63, 3.8) is 0 Å². The Morgan fingerprint density at radius 1 is 1.24 bits per heavy atom. The summed E-state index contributed by atoms with van der Waals surface area (Å²) in [6, 6.07) is 9.82. The number of nitrogens with one attached hydrogen (secondary N) is 1. The summed E-state index contributed by atoms with van der Waals surface area (Å²) >= 11 is 1.59. The van der Waals surface area contributed by atoms with Crippen molar-refractivity contribution in [2.75, 3.05) is 5.32 Å².